The van der Waals surface area contributed by atoms with Crippen LogP contribution in [0.1, 0.15) is 101 Å². The molecule has 2 aromatic heterocycles. The number of nitrogens with zero attached hydrogens (tertiary/aromatic N) is 2. The molecule has 0 radical (unpaired) electrons. The van der Waals surface area contributed by atoms with Crippen LogP contribution in [0.2, 0.25) is 0 Å². The van der Waals surface area contributed by atoms with Gasteiger partial charge in [0.25, 0.3) is 0 Å². The molecule has 0 saturated heterocycles. The third-order valence-electron chi connectivity index (χ3n) is 7.91. The lowest BCUT2D eigenvalue weighted by Gasteiger charge is -2.28. The van der Waals surface area contributed by atoms with E-state index in [0.717, 1.165) is 39.2 Å². The predicted molar refractivity (Wildman–Crippen MR) is 133 cm³/mol. The van der Waals surface area contributed by atoms with Crippen LogP contribution >= 0.6 is 11.3 Å². The Labute approximate surface area is 195 Å². The van der Waals surface area contributed by atoms with Crippen molar-refractivity contribution in [3.8, 4) is 0 Å². The van der Waals surface area contributed by atoms with Crippen molar-refractivity contribution in [2.75, 3.05) is 0 Å². The molecule has 172 valence electrons. The maximum absolute atomic E-state index is 5.45. The Morgan fingerprint density at radius 3 is 2.47 bits per heavy atom. The van der Waals surface area contributed by atoms with Gasteiger partial charge in [-0.05, 0) is 63.5 Å². The molecule has 1 aliphatic heterocycles. The summed E-state index contributed by atoms with van der Waals surface area (Å²) in [5, 5.41) is 11.0. The molecule has 4 nitrogen and oxygen atoms in total. The molecule has 0 aromatic carbocycles. The SMILES string of the molecule is CC=c1onc(C)c1=C1C=c2sc(C3CCC(CCC4CCCCCC4)CC3)nc2=CN1. The maximum atomic E-state index is 5.45. The summed E-state index contributed by atoms with van der Waals surface area (Å²) < 4.78 is 6.70. The third kappa shape index (κ3) is 4.73. The minimum atomic E-state index is 0.641. The molecule has 5 heteroatoms. The highest BCUT2D eigenvalue weighted by Gasteiger charge is 2.25. The minimum Gasteiger partial charge on any atom is -0.359 e. The number of hydrogen-bond acceptors (Lipinski definition) is 5. The number of rotatable bonds is 4. The van der Waals surface area contributed by atoms with Crippen LogP contribution < -0.4 is 25.8 Å². The largest absolute Gasteiger partial charge is 0.359 e. The summed E-state index contributed by atoms with van der Waals surface area (Å²) in [4.78, 5) is 5.02. The quantitative estimate of drug-likeness (QED) is 0.708. The van der Waals surface area contributed by atoms with Gasteiger partial charge >= 0.3 is 0 Å². The van der Waals surface area contributed by atoms with Gasteiger partial charge in [-0.3, -0.25) is 0 Å². The van der Waals surface area contributed by atoms with Gasteiger partial charge < -0.3 is 9.84 Å². The number of fused-ring (bicyclic) bond motifs is 1. The number of nitrogens with one attached hydrogen (secondary N) is 1. The van der Waals surface area contributed by atoms with Crippen molar-refractivity contribution >= 4 is 35.4 Å². The van der Waals surface area contributed by atoms with Gasteiger partial charge in [-0.2, -0.15) is 0 Å². The van der Waals surface area contributed by atoms with Crippen LogP contribution in [0.3, 0.4) is 0 Å². The van der Waals surface area contributed by atoms with Gasteiger partial charge in [0, 0.05) is 12.1 Å². The van der Waals surface area contributed by atoms with Crippen molar-refractivity contribution in [3.63, 3.8) is 0 Å². The zero-order valence-electron chi connectivity index (χ0n) is 19.7. The van der Waals surface area contributed by atoms with E-state index in [0.29, 0.717) is 5.92 Å². The van der Waals surface area contributed by atoms with Crippen LogP contribution in [0.4, 0.5) is 0 Å². The van der Waals surface area contributed by atoms with Gasteiger partial charge in [0.1, 0.15) is 0 Å². The predicted octanol–water partition coefficient (Wildman–Crippen LogP) is 4.19. The summed E-state index contributed by atoms with van der Waals surface area (Å²) in [5.74, 6) is 2.61. The summed E-state index contributed by atoms with van der Waals surface area (Å²) in [6, 6.07) is 0. The zero-order valence-corrected chi connectivity index (χ0v) is 20.5. The monoisotopic (exact) mass is 451 g/mol. The molecule has 0 spiro atoms. The average molecular weight is 452 g/mol. The Kier molecular flexibility index (Phi) is 6.82. The smallest absolute Gasteiger partial charge is 0.164 e. The molecule has 0 unspecified atom stereocenters. The van der Waals surface area contributed by atoms with Crippen molar-refractivity contribution in [3.05, 3.63) is 31.2 Å². The van der Waals surface area contributed by atoms with Crippen LogP contribution in [-0.2, 0) is 0 Å². The number of aromatic nitrogens is 2. The van der Waals surface area contributed by atoms with Gasteiger partial charge in [-0.1, -0.05) is 56.5 Å². The second kappa shape index (κ2) is 9.94. The summed E-state index contributed by atoms with van der Waals surface area (Å²) in [6.07, 6.45) is 23.5. The molecular weight excluding hydrogens is 414 g/mol. The standard InChI is InChI=1S/C27H37N3OS/c1-3-24-26(18(2)30-31-24)22-16-25-23(17-28-22)29-27(32-25)21-14-12-20(13-15-21)11-10-19-8-6-4-5-7-9-19/h3,16-17,19-21,28H,4-15H2,1-2H3. The molecule has 1 N–H and O–H groups in total. The second-order valence-corrected chi connectivity index (χ2v) is 11.2. The zero-order chi connectivity index (χ0) is 21.9. The lowest BCUT2D eigenvalue weighted by Crippen LogP contribution is -2.35. The second-order valence-electron chi connectivity index (χ2n) is 10.1. The van der Waals surface area contributed by atoms with Crippen molar-refractivity contribution in [2.45, 2.75) is 96.8 Å². The normalized spacial score (nSPS) is 26.6. The van der Waals surface area contributed by atoms with Gasteiger partial charge in [0.05, 0.1) is 31.5 Å². The van der Waals surface area contributed by atoms with Crippen molar-refractivity contribution < 1.29 is 4.52 Å². The molecule has 0 atom stereocenters. The summed E-state index contributed by atoms with van der Waals surface area (Å²) in [5.41, 5.74) is 2.80. The average Bonchev–Trinajstić information content (AvgIpc) is 3.31. The van der Waals surface area contributed by atoms with Crippen molar-refractivity contribution in [2.24, 2.45) is 11.8 Å². The van der Waals surface area contributed by atoms with E-state index in [-0.39, 0.29) is 0 Å². The lowest BCUT2D eigenvalue weighted by molar-refractivity contribution is 0.278. The third-order valence-corrected chi connectivity index (χ3v) is 9.09. The molecule has 0 amide bonds. The van der Waals surface area contributed by atoms with E-state index in [1.807, 2.05) is 31.3 Å². The summed E-state index contributed by atoms with van der Waals surface area (Å²) >= 11 is 1.88. The van der Waals surface area contributed by atoms with E-state index in [1.54, 1.807) is 0 Å². The molecule has 32 heavy (non-hydrogen) atoms. The molecule has 2 saturated carbocycles. The van der Waals surface area contributed by atoms with E-state index in [4.69, 9.17) is 9.51 Å². The molecule has 5 rings (SSSR count). The molecule has 3 heterocycles. The van der Waals surface area contributed by atoms with Crippen LogP contribution in [-0.4, -0.2) is 10.1 Å². The van der Waals surface area contributed by atoms with E-state index in [9.17, 15) is 0 Å². The first-order chi connectivity index (χ1) is 15.7. The van der Waals surface area contributed by atoms with Gasteiger partial charge in [-0.25, -0.2) is 4.98 Å². The highest BCUT2D eigenvalue weighted by Crippen LogP contribution is 2.39. The van der Waals surface area contributed by atoms with Crippen molar-refractivity contribution in [1.29, 1.82) is 0 Å². The van der Waals surface area contributed by atoms with Gasteiger partial charge in [0.15, 0.2) is 5.42 Å². The minimum absolute atomic E-state index is 0.641. The van der Waals surface area contributed by atoms with E-state index >= 15 is 0 Å². The molecule has 2 aromatic rings. The number of hydrogen-bond donors (Lipinski definition) is 1. The van der Waals surface area contributed by atoms with Crippen LogP contribution in [0.5, 0.6) is 0 Å². The van der Waals surface area contributed by atoms with Crippen LogP contribution in [0, 0.1) is 18.8 Å². The molecular formula is C27H37N3OS. The van der Waals surface area contributed by atoms with E-state index < -0.39 is 0 Å². The molecule has 0 bridgehead atoms. The topological polar surface area (TPSA) is 51.0 Å². The summed E-state index contributed by atoms with van der Waals surface area (Å²) in [6.45, 7) is 3.98. The molecule has 3 aliphatic rings. The fourth-order valence-corrected chi connectivity index (χ4v) is 7.10. The molecule has 2 fully saturated rings. The highest BCUT2D eigenvalue weighted by atomic mass is 32.1. The summed E-state index contributed by atoms with van der Waals surface area (Å²) in [7, 11) is 0. The Morgan fingerprint density at radius 1 is 1.03 bits per heavy atom. The fourth-order valence-electron chi connectivity index (χ4n) is 5.94. The number of thiazole rings is 1. The Morgan fingerprint density at radius 2 is 1.75 bits per heavy atom. The first kappa shape index (κ1) is 21.9. The van der Waals surface area contributed by atoms with E-state index in [1.165, 1.54) is 86.6 Å². The van der Waals surface area contributed by atoms with Crippen molar-refractivity contribution in [1.82, 2.24) is 15.5 Å². The van der Waals surface area contributed by atoms with E-state index in [2.05, 4.69) is 22.7 Å². The lowest BCUT2D eigenvalue weighted by atomic mass is 9.78. The Hall–Kier alpha value is -1.88. The maximum Gasteiger partial charge on any atom is 0.164 e. The first-order valence-corrected chi connectivity index (χ1v) is 13.6. The van der Waals surface area contributed by atoms with Gasteiger partial charge in [0.2, 0.25) is 0 Å². The van der Waals surface area contributed by atoms with Crippen LogP contribution in [0.25, 0.3) is 24.0 Å². The Balaban J connectivity index is 1.25. The first-order valence-electron chi connectivity index (χ1n) is 12.8. The Bertz CT molecular complexity index is 1160. The number of aryl methyl sites for hydroxylation is 1. The molecule has 2 aliphatic carbocycles. The highest BCUT2D eigenvalue weighted by molar-refractivity contribution is 7.09. The van der Waals surface area contributed by atoms with Gasteiger partial charge in [-0.15, -0.1) is 11.3 Å². The van der Waals surface area contributed by atoms with Crippen LogP contribution in [0.15, 0.2) is 4.52 Å². The fraction of sp³-hybridized carbons (Fsp3) is 0.630.